The molecule has 1 aromatic carbocycles. The zero-order valence-electron chi connectivity index (χ0n) is 16.8. The number of rotatable bonds is 3. The van der Waals surface area contributed by atoms with Gasteiger partial charge in [0.2, 0.25) is 0 Å². The van der Waals surface area contributed by atoms with Gasteiger partial charge in [0.05, 0.1) is 22.5 Å². The Hall–Kier alpha value is -2.80. The van der Waals surface area contributed by atoms with Crippen molar-refractivity contribution in [3.63, 3.8) is 0 Å². The first-order valence-corrected chi connectivity index (χ1v) is 9.85. The Morgan fingerprint density at radius 1 is 1.07 bits per heavy atom. The van der Waals surface area contributed by atoms with E-state index in [4.69, 9.17) is 16.3 Å². The van der Waals surface area contributed by atoms with Gasteiger partial charge in [-0.05, 0) is 45.0 Å². The Balaban J connectivity index is 1.55. The van der Waals surface area contributed by atoms with Gasteiger partial charge in [-0.1, -0.05) is 23.7 Å². The third-order valence-electron chi connectivity index (χ3n) is 4.40. The number of amides is 2. The van der Waals surface area contributed by atoms with E-state index in [1.54, 1.807) is 41.4 Å². The van der Waals surface area contributed by atoms with Gasteiger partial charge in [-0.2, -0.15) is 0 Å². The predicted octanol–water partition coefficient (Wildman–Crippen LogP) is 4.04. The first-order chi connectivity index (χ1) is 13.7. The van der Waals surface area contributed by atoms with Crippen LogP contribution in [0, 0.1) is 0 Å². The monoisotopic (exact) mass is 416 g/mol. The molecule has 1 aliphatic rings. The lowest BCUT2D eigenvalue weighted by Gasteiger charge is -2.36. The van der Waals surface area contributed by atoms with Gasteiger partial charge < -0.3 is 19.9 Å². The number of aromatic nitrogens is 1. The van der Waals surface area contributed by atoms with Gasteiger partial charge in [0.25, 0.3) is 5.91 Å². The molecular formula is C21H25ClN4O3. The number of piperazine rings is 1. The number of carbonyl (C=O) groups is 2. The molecule has 2 heterocycles. The summed E-state index contributed by atoms with van der Waals surface area (Å²) in [7, 11) is 0. The van der Waals surface area contributed by atoms with E-state index in [9.17, 15) is 9.59 Å². The standard InChI is InChI=1S/C21H25ClN4O3/c1-21(2,3)29-20(28)26-12-10-25(11-13-26)15-8-9-18(23-14-15)24-19(27)16-6-4-5-7-17(16)22/h4-9,14H,10-13H2,1-3H3,(H,23,24,27). The third-order valence-corrected chi connectivity index (χ3v) is 4.73. The first kappa shape index (κ1) is 20.9. The quantitative estimate of drug-likeness (QED) is 0.817. The fraction of sp³-hybridized carbons (Fsp3) is 0.381. The molecule has 0 bridgehead atoms. The van der Waals surface area contributed by atoms with Crippen molar-refractivity contribution in [2.75, 3.05) is 36.4 Å². The number of nitrogens with zero attached hydrogens (tertiary/aromatic N) is 3. The second-order valence-electron chi connectivity index (χ2n) is 7.79. The van der Waals surface area contributed by atoms with Gasteiger partial charge in [-0.15, -0.1) is 0 Å². The molecule has 3 rings (SSSR count). The number of hydrogen-bond acceptors (Lipinski definition) is 5. The van der Waals surface area contributed by atoms with Crippen LogP contribution in [-0.4, -0.2) is 53.7 Å². The molecule has 0 atom stereocenters. The van der Waals surface area contributed by atoms with Crippen molar-refractivity contribution in [1.82, 2.24) is 9.88 Å². The molecule has 1 fully saturated rings. The highest BCUT2D eigenvalue weighted by atomic mass is 35.5. The summed E-state index contributed by atoms with van der Waals surface area (Å²) in [4.78, 5) is 32.7. The van der Waals surface area contributed by atoms with Crippen LogP contribution in [0.3, 0.4) is 0 Å². The van der Waals surface area contributed by atoms with Crippen molar-refractivity contribution in [1.29, 1.82) is 0 Å². The molecule has 7 nitrogen and oxygen atoms in total. The molecule has 0 saturated carbocycles. The van der Waals surface area contributed by atoms with Crippen LogP contribution in [0.15, 0.2) is 42.6 Å². The van der Waals surface area contributed by atoms with E-state index >= 15 is 0 Å². The van der Waals surface area contributed by atoms with E-state index in [1.807, 2.05) is 26.8 Å². The fourth-order valence-electron chi connectivity index (χ4n) is 2.95. The van der Waals surface area contributed by atoms with Gasteiger partial charge in [0.15, 0.2) is 0 Å². The molecule has 29 heavy (non-hydrogen) atoms. The van der Waals surface area contributed by atoms with Crippen LogP contribution in [0.5, 0.6) is 0 Å². The van der Waals surface area contributed by atoms with Crippen LogP contribution in [0.1, 0.15) is 31.1 Å². The Bertz CT molecular complexity index is 872. The number of anilines is 2. The number of carbonyl (C=O) groups excluding carboxylic acids is 2. The van der Waals surface area contributed by atoms with E-state index in [-0.39, 0.29) is 12.0 Å². The summed E-state index contributed by atoms with van der Waals surface area (Å²) in [5.74, 6) is 0.146. The molecule has 1 saturated heterocycles. The lowest BCUT2D eigenvalue weighted by Crippen LogP contribution is -2.50. The SMILES string of the molecule is CC(C)(C)OC(=O)N1CCN(c2ccc(NC(=O)c3ccccc3Cl)nc2)CC1. The molecule has 154 valence electrons. The zero-order valence-corrected chi connectivity index (χ0v) is 17.6. The summed E-state index contributed by atoms with van der Waals surface area (Å²) >= 11 is 6.06. The highest BCUT2D eigenvalue weighted by Crippen LogP contribution is 2.20. The smallest absolute Gasteiger partial charge is 0.410 e. The van der Waals surface area contributed by atoms with Crippen LogP contribution in [0.2, 0.25) is 5.02 Å². The van der Waals surface area contributed by atoms with E-state index in [1.165, 1.54) is 0 Å². The Morgan fingerprint density at radius 2 is 1.76 bits per heavy atom. The Labute approximate surface area is 175 Å². The molecule has 2 aromatic rings. The summed E-state index contributed by atoms with van der Waals surface area (Å²) in [5, 5.41) is 3.14. The maximum absolute atomic E-state index is 12.3. The van der Waals surface area contributed by atoms with E-state index < -0.39 is 5.60 Å². The predicted molar refractivity (Wildman–Crippen MR) is 114 cm³/mol. The van der Waals surface area contributed by atoms with Gasteiger partial charge in [-0.3, -0.25) is 4.79 Å². The summed E-state index contributed by atoms with van der Waals surface area (Å²) in [6.07, 6.45) is 1.43. The van der Waals surface area contributed by atoms with Gasteiger partial charge >= 0.3 is 6.09 Å². The molecule has 0 aliphatic carbocycles. The van der Waals surface area contributed by atoms with Gasteiger partial charge in [0, 0.05) is 26.2 Å². The second kappa shape index (κ2) is 8.69. The summed E-state index contributed by atoms with van der Waals surface area (Å²) < 4.78 is 5.42. The van der Waals surface area contributed by atoms with Crippen molar-refractivity contribution >= 4 is 35.1 Å². The van der Waals surface area contributed by atoms with Gasteiger partial charge in [0.1, 0.15) is 11.4 Å². The van der Waals surface area contributed by atoms with Crippen LogP contribution in [-0.2, 0) is 4.74 Å². The number of halogens is 1. The van der Waals surface area contributed by atoms with Crippen molar-refractivity contribution in [2.45, 2.75) is 26.4 Å². The Morgan fingerprint density at radius 3 is 2.34 bits per heavy atom. The maximum Gasteiger partial charge on any atom is 0.410 e. The molecular weight excluding hydrogens is 392 g/mol. The minimum Gasteiger partial charge on any atom is -0.444 e. The summed E-state index contributed by atoms with van der Waals surface area (Å²) in [6.45, 7) is 8.12. The third kappa shape index (κ3) is 5.60. The molecule has 1 aromatic heterocycles. The molecule has 0 radical (unpaired) electrons. The molecule has 8 heteroatoms. The number of pyridine rings is 1. The first-order valence-electron chi connectivity index (χ1n) is 9.48. The van der Waals surface area contributed by atoms with Crippen molar-refractivity contribution in [3.05, 3.63) is 53.2 Å². The molecule has 0 unspecified atom stereocenters. The minimum atomic E-state index is -0.498. The zero-order chi connectivity index (χ0) is 21.0. The number of benzene rings is 1. The maximum atomic E-state index is 12.3. The summed E-state index contributed by atoms with van der Waals surface area (Å²) in [5.41, 5.74) is 0.838. The van der Waals surface area contributed by atoms with Crippen LogP contribution in [0.25, 0.3) is 0 Å². The topological polar surface area (TPSA) is 74.8 Å². The molecule has 2 amide bonds. The second-order valence-corrected chi connectivity index (χ2v) is 8.20. The van der Waals surface area contributed by atoms with Crippen molar-refractivity contribution in [3.8, 4) is 0 Å². The average molecular weight is 417 g/mol. The van der Waals surface area contributed by atoms with E-state index in [0.29, 0.717) is 42.6 Å². The molecule has 1 aliphatic heterocycles. The lowest BCUT2D eigenvalue weighted by molar-refractivity contribution is 0.0240. The van der Waals surface area contributed by atoms with Crippen LogP contribution < -0.4 is 10.2 Å². The number of nitrogens with one attached hydrogen (secondary N) is 1. The largest absolute Gasteiger partial charge is 0.444 e. The van der Waals surface area contributed by atoms with Crippen LogP contribution >= 0.6 is 11.6 Å². The minimum absolute atomic E-state index is 0.284. The van der Waals surface area contributed by atoms with E-state index in [2.05, 4.69) is 15.2 Å². The lowest BCUT2D eigenvalue weighted by atomic mass is 10.2. The fourth-order valence-corrected chi connectivity index (χ4v) is 3.17. The number of ether oxygens (including phenoxy) is 1. The van der Waals surface area contributed by atoms with Gasteiger partial charge in [-0.25, -0.2) is 9.78 Å². The highest BCUT2D eigenvalue weighted by molar-refractivity contribution is 6.34. The Kier molecular flexibility index (Phi) is 6.27. The van der Waals surface area contributed by atoms with Crippen molar-refractivity contribution in [2.24, 2.45) is 0 Å². The van der Waals surface area contributed by atoms with Crippen LogP contribution in [0.4, 0.5) is 16.3 Å². The van der Waals surface area contributed by atoms with E-state index in [0.717, 1.165) is 5.69 Å². The molecule has 1 N–H and O–H groups in total. The number of hydrogen-bond donors (Lipinski definition) is 1. The average Bonchev–Trinajstić information content (AvgIpc) is 2.68. The van der Waals surface area contributed by atoms with Crippen molar-refractivity contribution < 1.29 is 14.3 Å². The highest BCUT2D eigenvalue weighted by Gasteiger charge is 2.26. The summed E-state index contributed by atoms with van der Waals surface area (Å²) in [6, 6.07) is 10.5. The molecule has 0 spiro atoms. The normalized spacial score (nSPS) is 14.5.